The lowest BCUT2D eigenvalue weighted by Crippen LogP contribution is -2.16. The summed E-state index contributed by atoms with van der Waals surface area (Å²) in [5, 5.41) is 8.50. The Morgan fingerprint density at radius 2 is 2.29 bits per heavy atom. The number of carboxylic acid groups (broad SMARTS) is 1. The molecular formula is C10H12FNO2. The normalized spacial score (nSPS) is 12.5. The van der Waals surface area contributed by atoms with Gasteiger partial charge in [-0.05, 0) is 12.5 Å². The maximum Gasteiger partial charge on any atom is 0.305 e. The minimum absolute atomic E-state index is 0.257. The Balaban J connectivity index is 2.95. The largest absolute Gasteiger partial charge is 0.481 e. The molecule has 0 aliphatic heterocycles. The van der Waals surface area contributed by atoms with Crippen molar-refractivity contribution < 1.29 is 14.3 Å². The van der Waals surface area contributed by atoms with Crippen LogP contribution in [0.15, 0.2) is 18.2 Å². The highest BCUT2D eigenvalue weighted by molar-refractivity contribution is 5.67. The fraction of sp³-hybridized carbons (Fsp3) is 0.300. The van der Waals surface area contributed by atoms with Crippen LogP contribution < -0.4 is 5.73 Å². The van der Waals surface area contributed by atoms with Crippen LogP contribution >= 0.6 is 0 Å². The van der Waals surface area contributed by atoms with Crippen molar-refractivity contribution in [2.45, 2.75) is 19.4 Å². The van der Waals surface area contributed by atoms with Gasteiger partial charge < -0.3 is 10.8 Å². The van der Waals surface area contributed by atoms with E-state index in [2.05, 4.69) is 0 Å². The van der Waals surface area contributed by atoms with Crippen LogP contribution in [0.25, 0.3) is 0 Å². The van der Waals surface area contributed by atoms with E-state index in [9.17, 15) is 9.18 Å². The van der Waals surface area contributed by atoms with Crippen LogP contribution in [-0.4, -0.2) is 11.1 Å². The van der Waals surface area contributed by atoms with Crippen molar-refractivity contribution in [3.63, 3.8) is 0 Å². The molecule has 0 radical (unpaired) electrons. The third kappa shape index (κ3) is 2.29. The lowest BCUT2D eigenvalue weighted by atomic mass is 10.0. The highest BCUT2D eigenvalue weighted by Crippen LogP contribution is 2.20. The first-order chi connectivity index (χ1) is 6.52. The molecule has 76 valence electrons. The second-order valence-corrected chi connectivity index (χ2v) is 3.18. The van der Waals surface area contributed by atoms with Gasteiger partial charge in [-0.2, -0.15) is 0 Å². The third-order valence-corrected chi connectivity index (χ3v) is 2.02. The van der Waals surface area contributed by atoms with Crippen LogP contribution in [0.1, 0.15) is 23.6 Å². The summed E-state index contributed by atoms with van der Waals surface area (Å²) in [7, 11) is 0. The molecule has 1 rings (SSSR count). The van der Waals surface area contributed by atoms with E-state index in [-0.39, 0.29) is 12.0 Å². The smallest absolute Gasteiger partial charge is 0.305 e. The first kappa shape index (κ1) is 10.7. The summed E-state index contributed by atoms with van der Waals surface area (Å²) < 4.78 is 13.4. The molecule has 1 atom stereocenters. The molecule has 0 amide bonds. The number of nitrogens with two attached hydrogens (primary N) is 1. The lowest BCUT2D eigenvalue weighted by Gasteiger charge is -2.11. The highest BCUT2D eigenvalue weighted by Gasteiger charge is 2.15. The molecule has 3 nitrogen and oxygen atoms in total. The van der Waals surface area contributed by atoms with Crippen LogP contribution in [0.2, 0.25) is 0 Å². The van der Waals surface area contributed by atoms with Crippen LogP contribution in [0.4, 0.5) is 4.39 Å². The molecule has 14 heavy (non-hydrogen) atoms. The van der Waals surface area contributed by atoms with Gasteiger partial charge in [-0.25, -0.2) is 4.39 Å². The van der Waals surface area contributed by atoms with Crippen molar-refractivity contribution in [3.8, 4) is 0 Å². The molecule has 0 bridgehead atoms. The van der Waals surface area contributed by atoms with Crippen LogP contribution in [0, 0.1) is 12.7 Å². The first-order valence-electron chi connectivity index (χ1n) is 4.24. The van der Waals surface area contributed by atoms with Crippen LogP contribution in [0.5, 0.6) is 0 Å². The molecule has 0 heterocycles. The Hall–Kier alpha value is -1.42. The number of hydrogen-bond acceptors (Lipinski definition) is 2. The SMILES string of the molecule is Cc1cccc(C(N)CC(=O)O)c1F. The summed E-state index contributed by atoms with van der Waals surface area (Å²) >= 11 is 0. The average molecular weight is 197 g/mol. The van der Waals surface area contributed by atoms with E-state index < -0.39 is 17.8 Å². The van der Waals surface area contributed by atoms with Gasteiger partial charge in [0.15, 0.2) is 0 Å². The third-order valence-electron chi connectivity index (χ3n) is 2.02. The van der Waals surface area contributed by atoms with Gasteiger partial charge in [-0.15, -0.1) is 0 Å². The quantitative estimate of drug-likeness (QED) is 0.773. The zero-order valence-corrected chi connectivity index (χ0v) is 7.83. The monoisotopic (exact) mass is 197 g/mol. The van der Waals surface area contributed by atoms with Crippen molar-refractivity contribution in [3.05, 3.63) is 35.1 Å². The number of hydrogen-bond donors (Lipinski definition) is 2. The molecule has 1 aromatic carbocycles. The van der Waals surface area contributed by atoms with Gasteiger partial charge in [-0.3, -0.25) is 4.79 Å². The number of carbonyl (C=O) groups is 1. The van der Waals surface area contributed by atoms with E-state index in [4.69, 9.17) is 10.8 Å². The zero-order chi connectivity index (χ0) is 10.7. The van der Waals surface area contributed by atoms with Crippen LogP contribution in [-0.2, 0) is 4.79 Å². The lowest BCUT2D eigenvalue weighted by molar-refractivity contribution is -0.137. The molecule has 4 heteroatoms. The topological polar surface area (TPSA) is 63.3 Å². The highest BCUT2D eigenvalue weighted by atomic mass is 19.1. The minimum atomic E-state index is -1.03. The average Bonchev–Trinajstić information content (AvgIpc) is 2.08. The molecule has 0 aliphatic carbocycles. The van der Waals surface area contributed by atoms with E-state index >= 15 is 0 Å². The van der Waals surface area contributed by atoms with Gasteiger partial charge in [0, 0.05) is 11.6 Å². The predicted molar refractivity (Wildman–Crippen MR) is 50.3 cm³/mol. The number of carboxylic acids is 1. The number of benzene rings is 1. The Morgan fingerprint density at radius 3 is 2.86 bits per heavy atom. The molecule has 0 spiro atoms. The number of rotatable bonds is 3. The molecule has 3 N–H and O–H groups in total. The van der Waals surface area contributed by atoms with Gasteiger partial charge in [0.2, 0.25) is 0 Å². The summed E-state index contributed by atoms with van der Waals surface area (Å²) in [5.74, 6) is -1.44. The van der Waals surface area contributed by atoms with Crippen molar-refractivity contribution in [2.24, 2.45) is 5.73 Å². The molecule has 0 aromatic heterocycles. The van der Waals surface area contributed by atoms with Gasteiger partial charge in [0.1, 0.15) is 5.82 Å². The molecule has 1 unspecified atom stereocenters. The van der Waals surface area contributed by atoms with Gasteiger partial charge >= 0.3 is 5.97 Å². The first-order valence-corrected chi connectivity index (χ1v) is 4.24. The summed E-state index contributed by atoms with van der Waals surface area (Å²) in [6.07, 6.45) is -0.264. The molecule has 0 saturated carbocycles. The molecule has 0 saturated heterocycles. The number of aryl methyl sites for hydroxylation is 1. The number of aliphatic carboxylic acids is 1. The standard InChI is InChI=1S/C10H12FNO2/c1-6-3-2-4-7(10(6)11)8(12)5-9(13)14/h2-4,8H,5,12H2,1H3,(H,13,14). The van der Waals surface area contributed by atoms with Gasteiger partial charge in [0.05, 0.1) is 6.42 Å². The fourth-order valence-electron chi connectivity index (χ4n) is 1.25. The molecule has 1 aromatic rings. The summed E-state index contributed by atoms with van der Waals surface area (Å²) in [4.78, 5) is 10.4. The zero-order valence-electron chi connectivity index (χ0n) is 7.83. The van der Waals surface area contributed by atoms with E-state index in [1.807, 2.05) is 0 Å². The van der Waals surface area contributed by atoms with Crippen molar-refractivity contribution in [2.75, 3.05) is 0 Å². The molecular weight excluding hydrogens is 185 g/mol. The summed E-state index contributed by atoms with van der Waals surface area (Å²) in [6.45, 7) is 1.62. The number of halogens is 1. The van der Waals surface area contributed by atoms with E-state index in [1.165, 1.54) is 6.07 Å². The Morgan fingerprint density at radius 1 is 1.64 bits per heavy atom. The Bertz CT molecular complexity index is 352. The van der Waals surface area contributed by atoms with E-state index in [1.54, 1.807) is 19.1 Å². The second kappa shape index (κ2) is 4.19. The maximum absolute atomic E-state index is 13.4. The second-order valence-electron chi connectivity index (χ2n) is 3.18. The van der Waals surface area contributed by atoms with E-state index in [0.717, 1.165) is 0 Å². The van der Waals surface area contributed by atoms with E-state index in [0.29, 0.717) is 5.56 Å². The van der Waals surface area contributed by atoms with Crippen LogP contribution in [0.3, 0.4) is 0 Å². The maximum atomic E-state index is 13.4. The molecule has 0 aliphatic rings. The fourth-order valence-corrected chi connectivity index (χ4v) is 1.25. The van der Waals surface area contributed by atoms with Gasteiger partial charge in [-0.1, -0.05) is 18.2 Å². The van der Waals surface area contributed by atoms with Crippen molar-refractivity contribution in [1.82, 2.24) is 0 Å². The minimum Gasteiger partial charge on any atom is -0.481 e. The van der Waals surface area contributed by atoms with Crippen molar-refractivity contribution in [1.29, 1.82) is 0 Å². The van der Waals surface area contributed by atoms with Crippen molar-refractivity contribution >= 4 is 5.97 Å². The Kier molecular flexibility index (Phi) is 3.19. The summed E-state index contributed by atoms with van der Waals surface area (Å²) in [6, 6.07) is 4.00. The summed E-state index contributed by atoms with van der Waals surface area (Å²) in [5.41, 5.74) is 6.28. The predicted octanol–water partition coefficient (Wildman–Crippen LogP) is 1.61. The van der Waals surface area contributed by atoms with Gasteiger partial charge in [0.25, 0.3) is 0 Å². The molecule has 0 fully saturated rings. The Labute approximate surface area is 81.4 Å².